The van der Waals surface area contributed by atoms with Gasteiger partial charge >= 0.3 is 7.12 Å². The zero-order valence-electron chi connectivity index (χ0n) is 7.54. The molecule has 0 unspecified atom stereocenters. The second-order valence-electron chi connectivity index (χ2n) is 2.87. The Balaban J connectivity index is 3.06. The average Bonchev–Trinajstić information content (AvgIpc) is 2.13. The van der Waals surface area contributed by atoms with Gasteiger partial charge in [0.2, 0.25) is 0 Å². The summed E-state index contributed by atoms with van der Waals surface area (Å²) in [6.07, 6.45) is 1.11. The first-order chi connectivity index (χ1) is 6.52. The summed E-state index contributed by atoms with van der Waals surface area (Å²) in [5, 5.41) is 17.0. The number of rotatable bonds is 2. The number of hydrogen-bond donors (Lipinski definition) is 2. The van der Waals surface area contributed by atoms with Crippen molar-refractivity contribution < 1.29 is 18.8 Å². The fourth-order valence-electron chi connectivity index (χ4n) is 0.979. The Morgan fingerprint density at radius 2 is 1.86 bits per heavy atom. The molecule has 2 nitrogen and oxygen atoms in total. The van der Waals surface area contributed by atoms with Gasteiger partial charge in [-0.25, -0.2) is 8.78 Å². The van der Waals surface area contributed by atoms with Crippen molar-refractivity contribution in [1.82, 2.24) is 0 Å². The van der Waals surface area contributed by atoms with Crippen LogP contribution in [0.25, 0.3) is 6.08 Å². The fourth-order valence-corrected chi connectivity index (χ4v) is 0.979. The van der Waals surface area contributed by atoms with Crippen LogP contribution in [0.2, 0.25) is 0 Å². The molecule has 5 heteroatoms. The molecule has 0 heterocycles. The number of halogens is 2. The zero-order valence-corrected chi connectivity index (χ0v) is 7.54. The lowest BCUT2D eigenvalue weighted by Crippen LogP contribution is -2.05. The SMILES string of the molecule is Cc1ccc(/C=C/B(O)O)c(F)c1F. The molecular formula is C9H9BF2O2. The highest BCUT2D eigenvalue weighted by molar-refractivity contribution is 6.48. The monoisotopic (exact) mass is 198 g/mol. The Kier molecular flexibility index (Phi) is 3.38. The highest BCUT2D eigenvalue weighted by Crippen LogP contribution is 2.16. The highest BCUT2D eigenvalue weighted by atomic mass is 19.2. The minimum Gasteiger partial charge on any atom is -0.424 e. The van der Waals surface area contributed by atoms with Crippen LogP contribution in [0.15, 0.2) is 18.1 Å². The quantitative estimate of drug-likeness (QED) is 0.703. The van der Waals surface area contributed by atoms with Gasteiger partial charge in [-0.05, 0) is 12.5 Å². The normalized spacial score (nSPS) is 10.9. The molecular weight excluding hydrogens is 189 g/mol. The highest BCUT2D eigenvalue weighted by Gasteiger charge is 2.09. The van der Waals surface area contributed by atoms with Crippen LogP contribution < -0.4 is 0 Å². The van der Waals surface area contributed by atoms with Crippen LogP contribution >= 0.6 is 0 Å². The van der Waals surface area contributed by atoms with Crippen molar-refractivity contribution in [2.24, 2.45) is 0 Å². The second kappa shape index (κ2) is 4.35. The molecule has 0 aliphatic carbocycles. The van der Waals surface area contributed by atoms with Crippen molar-refractivity contribution in [3.63, 3.8) is 0 Å². The van der Waals surface area contributed by atoms with Crippen molar-refractivity contribution >= 4 is 13.2 Å². The standard InChI is InChI=1S/C9H9BF2O2/c1-6-2-3-7(4-5-10(13)14)9(12)8(6)11/h2-5,13-14H,1H3/b5-4+. The van der Waals surface area contributed by atoms with Crippen molar-refractivity contribution in [2.75, 3.05) is 0 Å². The van der Waals surface area contributed by atoms with Crippen LogP contribution in [0, 0.1) is 18.6 Å². The summed E-state index contributed by atoms with van der Waals surface area (Å²) in [5.41, 5.74) is 0.199. The predicted molar refractivity (Wildman–Crippen MR) is 50.3 cm³/mol. The molecule has 0 fully saturated rings. The van der Waals surface area contributed by atoms with Crippen molar-refractivity contribution in [2.45, 2.75) is 6.92 Å². The third-order valence-electron chi connectivity index (χ3n) is 1.75. The van der Waals surface area contributed by atoms with Crippen molar-refractivity contribution in [1.29, 1.82) is 0 Å². The van der Waals surface area contributed by atoms with Crippen LogP contribution in [0.1, 0.15) is 11.1 Å². The Morgan fingerprint density at radius 1 is 1.21 bits per heavy atom. The van der Waals surface area contributed by atoms with Crippen LogP contribution in [0.5, 0.6) is 0 Å². The molecule has 0 atom stereocenters. The molecule has 0 aliphatic rings. The molecule has 1 rings (SSSR count). The fraction of sp³-hybridized carbons (Fsp3) is 0.111. The summed E-state index contributed by atoms with van der Waals surface area (Å²) in [6.45, 7) is 1.45. The van der Waals surface area contributed by atoms with Crippen LogP contribution in [0.4, 0.5) is 8.78 Å². The third kappa shape index (κ3) is 2.40. The smallest absolute Gasteiger partial charge is 0.424 e. The van der Waals surface area contributed by atoms with Gasteiger partial charge in [-0.1, -0.05) is 24.2 Å². The summed E-state index contributed by atoms with van der Waals surface area (Å²) < 4.78 is 26.1. The largest absolute Gasteiger partial charge is 0.480 e. The van der Waals surface area contributed by atoms with E-state index >= 15 is 0 Å². The molecule has 74 valence electrons. The summed E-state index contributed by atoms with van der Waals surface area (Å²) in [7, 11) is -1.67. The van der Waals surface area contributed by atoms with Crippen molar-refractivity contribution in [3.8, 4) is 0 Å². The van der Waals surface area contributed by atoms with Crippen LogP contribution in [0.3, 0.4) is 0 Å². The maximum Gasteiger partial charge on any atom is 0.480 e. The third-order valence-corrected chi connectivity index (χ3v) is 1.75. The molecule has 0 aliphatic heterocycles. The summed E-state index contributed by atoms with van der Waals surface area (Å²) in [6, 6.07) is 2.79. The lowest BCUT2D eigenvalue weighted by Gasteiger charge is -2.01. The summed E-state index contributed by atoms with van der Waals surface area (Å²) in [5.74, 6) is -0.950. The first-order valence-corrected chi connectivity index (χ1v) is 4.01. The van der Waals surface area contributed by atoms with Gasteiger partial charge in [-0.15, -0.1) is 0 Å². The molecule has 0 radical (unpaired) electrons. The maximum atomic E-state index is 13.1. The first kappa shape index (κ1) is 10.9. The Hall–Kier alpha value is -1.20. The lowest BCUT2D eigenvalue weighted by atomic mass is 9.90. The van der Waals surface area contributed by atoms with Gasteiger partial charge in [0.25, 0.3) is 0 Å². The molecule has 1 aromatic carbocycles. The number of benzene rings is 1. The second-order valence-corrected chi connectivity index (χ2v) is 2.87. The van der Waals surface area contributed by atoms with E-state index in [1.807, 2.05) is 0 Å². The predicted octanol–water partition coefficient (Wildman–Crippen LogP) is 1.30. The van der Waals surface area contributed by atoms with Gasteiger partial charge in [0.05, 0.1) is 0 Å². The summed E-state index contributed by atoms with van der Waals surface area (Å²) in [4.78, 5) is 0. The Bertz CT molecular complexity index is 364. The van der Waals surface area contributed by atoms with E-state index in [1.54, 1.807) is 0 Å². The van der Waals surface area contributed by atoms with E-state index in [1.165, 1.54) is 19.1 Å². The van der Waals surface area contributed by atoms with E-state index in [2.05, 4.69) is 0 Å². The maximum absolute atomic E-state index is 13.1. The molecule has 14 heavy (non-hydrogen) atoms. The molecule has 0 saturated heterocycles. The van der Waals surface area contributed by atoms with E-state index in [4.69, 9.17) is 10.0 Å². The lowest BCUT2D eigenvalue weighted by molar-refractivity contribution is 0.424. The van der Waals surface area contributed by atoms with Gasteiger partial charge in [0, 0.05) is 5.56 Å². The minimum atomic E-state index is -1.67. The van der Waals surface area contributed by atoms with E-state index in [0.29, 0.717) is 0 Å². The van der Waals surface area contributed by atoms with Gasteiger partial charge in [0.1, 0.15) is 0 Å². The van der Waals surface area contributed by atoms with Gasteiger partial charge in [0.15, 0.2) is 11.6 Å². The topological polar surface area (TPSA) is 40.5 Å². The van der Waals surface area contributed by atoms with Crippen molar-refractivity contribution in [3.05, 3.63) is 40.9 Å². The molecule has 0 spiro atoms. The minimum absolute atomic E-state index is 0.0128. The van der Waals surface area contributed by atoms with Crippen LogP contribution in [-0.4, -0.2) is 17.2 Å². The van der Waals surface area contributed by atoms with Crippen LogP contribution in [-0.2, 0) is 0 Å². The van der Waals surface area contributed by atoms with Gasteiger partial charge in [-0.3, -0.25) is 0 Å². The first-order valence-electron chi connectivity index (χ1n) is 4.01. The van der Waals surface area contributed by atoms with E-state index < -0.39 is 18.8 Å². The molecule has 0 bridgehead atoms. The molecule has 0 amide bonds. The molecule has 0 saturated carbocycles. The molecule has 0 aromatic heterocycles. The summed E-state index contributed by atoms with van der Waals surface area (Å²) >= 11 is 0. The average molecular weight is 198 g/mol. The van der Waals surface area contributed by atoms with Gasteiger partial charge < -0.3 is 10.0 Å². The van der Waals surface area contributed by atoms with Gasteiger partial charge in [-0.2, -0.15) is 0 Å². The van der Waals surface area contributed by atoms with E-state index in [-0.39, 0.29) is 11.1 Å². The van der Waals surface area contributed by atoms with E-state index in [0.717, 1.165) is 12.1 Å². The Labute approximate surface area is 80.6 Å². The molecule has 1 aromatic rings. The molecule has 2 N–H and O–H groups in total. The number of aryl methyl sites for hydroxylation is 1. The zero-order chi connectivity index (χ0) is 10.7. The Morgan fingerprint density at radius 3 is 2.43 bits per heavy atom. The van der Waals surface area contributed by atoms with E-state index in [9.17, 15) is 8.78 Å². The number of hydrogen-bond acceptors (Lipinski definition) is 2.